The minimum absolute atomic E-state index is 0.104. The van der Waals surface area contributed by atoms with Gasteiger partial charge in [0.2, 0.25) is 15.9 Å². The summed E-state index contributed by atoms with van der Waals surface area (Å²) in [6, 6.07) is 5.29. The summed E-state index contributed by atoms with van der Waals surface area (Å²) in [6.45, 7) is 0.368. The van der Waals surface area contributed by atoms with Crippen LogP contribution >= 0.6 is 0 Å². The van der Waals surface area contributed by atoms with Gasteiger partial charge in [0.05, 0.1) is 18.5 Å². The van der Waals surface area contributed by atoms with Crippen LogP contribution in [-0.4, -0.2) is 33.7 Å². The van der Waals surface area contributed by atoms with Crippen molar-refractivity contribution in [1.29, 1.82) is 0 Å². The molecule has 0 saturated heterocycles. The molecule has 6 nitrogen and oxygen atoms in total. The number of aryl methyl sites for hydroxylation is 1. The van der Waals surface area contributed by atoms with E-state index in [-0.39, 0.29) is 12.5 Å². The van der Waals surface area contributed by atoms with Gasteiger partial charge in [0.1, 0.15) is 0 Å². The van der Waals surface area contributed by atoms with Crippen molar-refractivity contribution in [2.45, 2.75) is 12.8 Å². The number of carbonyl (C=O) groups is 1. The van der Waals surface area contributed by atoms with Crippen LogP contribution in [0.25, 0.3) is 0 Å². The lowest BCUT2D eigenvalue weighted by molar-refractivity contribution is -0.114. The van der Waals surface area contributed by atoms with Gasteiger partial charge in [-0.2, -0.15) is 0 Å². The Kier molecular flexibility index (Phi) is 3.77. The molecule has 0 spiro atoms. The maximum absolute atomic E-state index is 11.8. The van der Waals surface area contributed by atoms with Crippen LogP contribution < -0.4 is 15.4 Å². The van der Waals surface area contributed by atoms with Gasteiger partial charge in [0.25, 0.3) is 0 Å². The Bertz CT molecular complexity index is 598. The number of benzene rings is 1. The first kappa shape index (κ1) is 13.8. The van der Waals surface area contributed by atoms with Gasteiger partial charge in [-0.3, -0.25) is 9.10 Å². The zero-order chi connectivity index (χ0) is 14.0. The van der Waals surface area contributed by atoms with Crippen LogP contribution in [0.3, 0.4) is 0 Å². The van der Waals surface area contributed by atoms with E-state index in [1.807, 2.05) is 6.07 Å². The van der Waals surface area contributed by atoms with E-state index in [2.05, 4.69) is 5.32 Å². The van der Waals surface area contributed by atoms with Gasteiger partial charge in [-0.25, -0.2) is 8.42 Å². The van der Waals surface area contributed by atoms with Crippen molar-refractivity contribution in [2.24, 2.45) is 5.73 Å². The van der Waals surface area contributed by atoms with Crippen molar-refractivity contribution in [1.82, 2.24) is 0 Å². The fourth-order valence-electron chi connectivity index (χ4n) is 2.18. The molecule has 0 bridgehead atoms. The Morgan fingerprint density at radius 3 is 2.84 bits per heavy atom. The number of nitrogens with zero attached hydrogens (tertiary/aromatic N) is 1. The number of nitrogens with two attached hydrogens (primary N) is 1. The molecule has 0 fully saturated rings. The average Bonchev–Trinajstić information content (AvgIpc) is 2.36. The molecule has 1 amide bonds. The molecule has 1 aromatic rings. The van der Waals surface area contributed by atoms with E-state index in [0.717, 1.165) is 18.4 Å². The summed E-state index contributed by atoms with van der Waals surface area (Å²) in [6.07, 6.45) is 2.83. The molecule has 1 heterocycles. The third-order valence-electron chi connectivity index (χ3n) is 3.03. The van der Waals surface area contributed by atoms with E-state index in [1.165, 1.54) is 10.6 Å². The van der Waals surface area contributed by atoms with Gasteiger partial charge in [-0.05, 0) is 30.5 Å². The largest absolute Gasteiger partial charge is 0.325 e. The Balaban J connectivity index is 2.38. The highest BCUT2D eigenvalue weighted by Crippen LogP contribution is 2.31. The standard InChI is InChI=1S/C12H17N3O3S/c1-19(17,18)15-6-2-3-9-4-5-10(7-11(9)15)14-12(16)8-13/h4-5,7H,2-3,6,8,13H2,1H3,(H,14,16). The van der Waals surface area contributed by atoms with Gasteiger partial charge in [-0.15, -0.1) is 0 Å². The van der Waals surface area contributed by atoms with E-state index in [1.54, 1.807) is 12.1 Å². The van der Waals surface area contributed by atoms with Crippen LogP contribution in [0.4, 0.5) is 11.4 Å². The zero-order valence-corrected chi connectivity index (χ0v) is 11.5. The van der Waals surface area contributed by atoms with Crippen LogP contribution in [0.2, 0.25) is 0 Å². The molecule has 3 N–H and O–H groups in total. The van der Waals surface area contributed by atoms with Crippen LogP contribution in [0.15, 0.2) is 18.2 Å². The normalized spacial score (nSPS) is 14.9. The van der Waals surface area contributed by atoms with E-state index < -0.39 is 10.0 Å². The molecular formula is C12H17N3O3S. The first-order valence-corrected chi connectivity index (χ1v) is 7.87. The smallest absolute Gasteiger partial charge is 0.238 e. The summed E-state index contributed by atoms with van der Waals surface area (Å²) >= 11 is 0. The minimum atomic E-state index is -3.29. The van der Waals surface area contributed by atoms with Gasteiger partial charge in [-0.1, -0.05) is 6.07 Å². The fourth-order valence-corrected chi connectivity index (χ4v) is 3.16. The Hall–Kier alpha value is -1.60. The highest BCUT2D eigenvalue weighted by molar-refractivity contribution is 7.92. The van der Waals surface area contributed by atoms with Crippen molar-refractivity contribution in [3.63, 3.8) is 0 Å². The predicted octanol–water partition coefficient (Wildman–Crippen LogP) is 0.296. The molecule has 104 valence electrons. The lowest BCUT2D eigenvalue weighted by atomic mass is 10.0. The molecule has 19 heavy (non-hydrogen) atoms. The Morgan fingerprint density at radius 1 is 1.47 bits per heavy atom. The molecule has 0 atom stereocenters. The first-order chi connectivity index (χ1) is 8.91. The lowest BCUT2D eigenvalue weighted by Gasteiger charge is -2.29. The number of rotatable bonds is 3. The van der Waals surface area contributed by atoms with Crippen LogP contribution in [0.1, 0.15) is 12.0 Å². The topological polar surface area (TPSA) is 92.5 Å². The molecule has 0 aliphatic carbocycles. The third-order valence-corrected chi connectivity index (χ3v) is 4.21. The quantitative estimate of drug-likeness (QED) is 0.834. The number of hydrogen-bond acceptors (Lipinski definition) is 4. The predicted molar refractivity (Wildman–Crippen MR) is 74.6 cm³/mol. The highest BCUT2D eigenvalue weighted by atomic mass is 32.2. The number of anilines is 2. The van der Waals surface area contributed by atoms with E-state index in [0.29, 0.717) is 17.9 Å². The molecule has 0 radical (unpaired) electrons. The second-order valence-corrected chi connectivity index (χ2v) is 6.44. The highest BCUT2D eigenvalue weighted by Gasteiger charge is 2.24. The van der Waals surface area contributed by atoms with Gasteiger partial charge in [0.15, 0.2) is 0 Å². The van der Waals surface area contributed by atoms with Crippen LogP contribution in [-0.2, 0) is 21.2 Å². The summed E-state index contributed by atoms with van der Waals surface area (Å²) in [5.41, 5.74) is 7.41. The zero-order valence-electron chi connectivity index (χ0n) is 10.7. The minimum Gasteiger partial charge on any atom is -0.325 e. The fraction of sp³-hybridized carbons (Fsp3) is 0.417. The van der Waals surface area contributed by atoms with Crippen molar-refractivity contribution in [3.8, 4) is 0 Å². The monoisotopic (exact) mass is 283 g/mol. The Morgan fingerprint density at radius 2 is 2.21 bits per heavy atom. The SMILES string of the molecule is CS(=O)(=O)N1CCCc2ccc(NC(=O)CN)cc21. The molecule has 1 aromatic carbocycles. The second kappa shape index (κ2) is 5.18. The molecule has 1 aliphatic rings. The number of sulfonamides is 1. The second-order valence-electron chi connectivity index (χ2n) is 4.53. The number of amides is 1. The summed E-state index contributed by atoms with van der Waals surface area (Å²) in [4.78, 5) is 11.3. The van der Waals surface area contributed by atoms with Crippen molar-refractivity contribution >= 4 is 27.3 Å². The lowest BCUT2D eigenvalue weighted by Crippen LogP contribution is -2.34. The number of hydrogen-bond donors (Lipinski definition) is 2. The molecule has 2 rings (SSSR count). The summed E-state index contributed by atoms with van der Waals surface area (Å²) < 4.78 is 24.9. The molecule has 0 unspecified atom stereocenters. The van der Waals surface area contributed by atoms with E-state index >= 15 is 0 Å². The molecule has 0 aromatic heterocycles. The van der Waals surface area contributed by atoms with E-state index in [4.69, 9.17) is 5.73 Å². The molecule has 7 heteroatoms. The number of carbonyl (C=O) groups excluding carboxylic acids is 1. The first-order valence-electron chi connectivity index (χ1n) is 6.02. The van der Waals surface area contributed by atoms with E-state index in [9.17, 15) is 13.2 Å². The van der Waals surface area contributed by atoms with Gasteiger partial charge >= 0.3 is 0 Å². The van der Waals surface area contributed by atoms with Gasteiger partial charge in [0, 0.05) is 12.2 Å². The summed E-state index contributed by atoms with van der Waals surface area (Å²) in [5.74, 6) is -0.304. The number of fused-ring (bicyclic) bond motifs is 1. The van der Waals surface area contributed by atoms with Crippen molar-refractivity contribution in [3.05, 3.63) is 23.8 Å². The van der Waals surface area contributed by atoms with Crippen LogP contribution in [0, 0.1) is 0 Å². The molecular weight excluding hydrogens is 266 g/mol. The third kappa shape index (κ3) is 3.05. The maximum atomic E-state index is 11.8. The Labute approximate surface area is 112 Å². The average molecular weight is 283 g/mol. The summed E-state index contributed by atoms with van der Waals surface area (Å²) in [7, 11) is -3.29. The van der Waals surface area contributed by atoms with Crippen molar-refractivity contribution < 1.29 is 13.2 Å². The molecule has 1 aliphatic heterocycles. The number of nitrogens with one attached hydrogen (secondary N) is 1. The maximum Gasteiger partial charge on any atom is 0.238 e. The van der Waals surface area contributed by atoms with Crippen molar-refractivity contribution in [2.75, 3.05) is 29.0 Å². The molecule has 0 saturated carbocycles. The van der Waals surface area contributed by atoms with Crippen LogP contribution in [0.5, 0.6) is 0 Å². The van der Waals surface area contributed by atoms with Gasteiger partial charge < -0.3 is 11.1 Å². The summed E-state index contributed by atoms with van der Waals surface area (Å²) in [5, 5.41) is 2.63.